The van der Waals surface area contributed by atoms with Gasteiger partial charge in [-0.05, 0) is 43.0 Å². The molecule has 3 heteroatoms. The van der Waals surface area contributed by atoms with Crippen LogP contribution in [0.15, 0.2) is 36.4 Å². The van der Waals surface area contributed by atoms with Gasteiger partial charge in [-0.2, -0.15) is 0 Å². The lowest BCUT2D eigenvalue weighted by atomic mass is 9.86. The second kappa shape index (κ2) is 4.14. The van der Waals surface area contributed by atoms with Crippen LogP contribution in [0, 0.1) is 18.6 Å². The molecule has 19 heavy (non-hydrogen) atoms. The molecule has 0 spiro atoms. The van der Waals surface area contributed by atoms with E-state index in [0.29, 0.717) is 18.4 Å². The van der Waals surface area contributed by atoms with Gasteiger partial charge in [-0.25, -0.2) is 8.78 Å². The molecule has 0 fully saturated rings. The van der Waals surface area contributed by atoms with Gasteiger partial charge >= 0.3 is 0 Å². The molecule has 1 nitrogen and oxygen atoms in total. The maximum atomic E-state index is 13.9. The third-order valence-corrected chi connectivity index (χ3v) is 3.84. The smallest absolute Gasteiger partial charge is 0.132 e. The van der Waals surface area contributed by atoms with Crippen LogP contribution >= 0.6 is 0 Å². The summed E-state index contributed by atoms with van der Waals surface area (Å²) in [6.07, 6.45) is 0.934. The van der Waals surface area contributed by atoms with E-state index in [0.717, 1.165) is 11.1 Å². The van der Waals surface area contributed by atoms with E-state index in [4.69, 9.17) is 0 Å². The summed E-state index contributed by atoms with van der Waals surface area (Å²) in [4.78, 5) is 0. The zero-order valence-corrected chi connectivity index (χ0v) is 10.6. The summed E-state index contributed by atoms with van der Waals surface area (Å²) < 4.78 is 27.9. The Morgan fingerprint density at radius 1 is 1.11 bits per heavy atom. The summed E-state index contributed by atoms with van der Waals surface area (Å²) in [5, 5.41) is 10.8. The van der Waals surface area contributed by atoms with Crippen LogP contribution in [-0.4, -0.2) is 5.11 Å². The van der Waals surface area contributed by atoms with Gasteiger partial charge in [0.1, 0.15) is 17.2 Å². The summed E-state index contributed by atoms with van der Waals surface area (Å²) in [6, 6.07) is 9.36. The van der Waals surface area contributed by atoms with E-state index in [1.54, 1.807) is 0 Å². The van der Waals surface area contributed by atoms with Gasteiger partial charge in [-0.1, -0.05) is 29.8 Å². The minimum Gasteiger partial charge on any atom is -0.380 e. The van der Waals surface area contributed by atoms with Gasteiger partial charge in [-0.3, -0.25) is 0 Å². The summed E-state index contributed by atoms with van der Waals surface area (Å²) >= 11 is 0. The van der Waals surface area contributed by atoms with Crippen molar-refractivity contribution in [3.63, 3.8) is 0 Å². The van der Waals surface area contributed by atoms with Gasteiger partial charge in [0, 0.05) is 0 Å². The van der Waals surface area contributed by atoms with E-state index in [-0.39, 0.29) is 5.56 Å². The molecule has 0 saturated heterocycles. The lowest BCUT2D eigenvalue weighted by Gasteiger charge is -2.26. The van der Waals surface area contributed by atoms with Crippen molar-refractivity contribution in [2.45, 2.75) is 25.4 Å². The molecule has 0 saturated carbocycles. The Kier molecular flexibility index (Phi) is 2.68. The van der Waals surface area contributed by atoms with Gasteiger partial charge in [-0.15, -0.1) is 0 Å². The first-order chi connectivity index (χ1) is 9.02. The SMILES string of the molecule is Cc1ccc2c(c1)C(O)(c1c(F)cccc1F)CC2. The molecule has 1 N–H and O–H groups in total. The van der Waals surface area contributed by atoms with Crippen LogP contribution in [0.2, 0.25) is 0 Å². The number of hydrogen-bond donors (Lipinski definition) is 1. The lowest BCUT2D eigenvalue weighted by Crippen LogP contribution is -2.27. The summed E-state index contributed by atoms with van der Waals surface area (Å²) in [5.41, 5.74) is 0.749. The van der Waals surface area contributed by atoms with E-state index in [9.17, 15) is 13.9 Å². The fourth-order valence-electron chi connectivity index (χ4n) is 2.90. The van der Waals surface area contributed by atoms with E-state index in [1.165, 1.54) is 18.2 Å². The van der Waals surface area contributed by atoms with Gasteiger partial charge in [0.15, 0.2) is 0 Å². The molecule has 2 aromatic rings. The van der Waals surface area contributed by atoms with Crippen molar-refractivity contribution >= 4 is 0 Å². The number of halogens is 2. The lowest BCUT2D eigenvalue weighted by molar-refractivity contribution is 0.0745. The first-order valence-corrected chi connectivity index (χ1v) is 6.29. The zero-order chi connectivity index (χ0) is 13.6. The molecule has 1 aliphatic rings. The van der Waals surface area contributed by atoms with E-state index < -0.39 is 17.2 Å². The van der Waals surface area contributed by atoms with Crippen molar-refractivity contribution in [3.8, 4) is 0 Å². The highest BCUT2D eigenvalue weighted by Gasteiger charge is 2.42. The van der Waals surface area contributed by atoms with Crippen LogP contribution in [0.3, 0.4) is 0 Å². The van der Waals surface area contributed by atoms with Crippen molar-refractivity contribution in [1.82, 2.24) is 0 Å². The molecule has 1 aliphatic carbocycles. The number of benzene rings is 2. The molecule has 0 aromatic heterocycles. The van der Waals surface area contributed by atoms with Crippen LogP contribution < -0.4 is 0 Å². The Labute approximate surface area is 110 Å². The highest BCUT2D eigenvalue weighted by molar-refractivity contribution is 5.47. The van der Waals surface area contributed by atoms with Crippen molar-refractivity contribution < 1.29 is 13.9 Å². The van der Waals surface area contributed by atoms with E-state index in [1.807, 2.05) is 25.1 Å². The third kappa shape index (κ3) is 1.77. The van der Waals surface area contributed by atoms with Crippen LogP contribution in [0.25, 0.3) is 0 Å². The second-order valence-electron chi connectivity index (χ2n) is 5.12. The fraction of sp³-hybridized carbons (Fsp3) is 0.250. The highest BCUT2D eigenvalue weighted by atomic mass is 19.1. The number of fused-ring (bicyclic) bond motifs is 1. The van der Waals surface area contributed by atoms with Gasteiger partial charge in [0.25, 0.3) is 0 Å². The Balaban J connectivity index is 2.25. The molecule has 0 aliphatic heterocycles. The Hall–Kier alpha value is -1.74. The number of aliphatic hydroxyl groups is 1. The predicted octanol–water partition coefficient (Wildman–Crippen LogP) is 3.46. The maximum Gasteiger partial charge on any atom is 0.132 e. The number of hydrogen-bond acceptors (Lipinski definition) is 1. The maximum absolute atomic E-state index is 13.9. The Morgan fingerprint density at radius 2 is 1.79 bits per heavy atom. The molecule has 2 aromatic carbocycles. The molecular weight excluding hydrogens is 246 g/mol. The molecule has 0 heterocycles. The van der Waals surface area contributed by atoms with Gasteiger partial charge in [0.05, 0.1) is 5.56 Å². The highest BCUT2D eigenvalue weighted by Crippen LogP contribution is 2.44. The van der Waals surface area contributed by atoms with Crippen molar-refractivity contribution in [2.75, 3.05) is 0 Å². The normalized spacial score (nSPS) is 21.5. The monoisotopic (exact) mass is 260 g/mol. The predicted molar refractivity (Wildman–Crippen MR) is 68.9 cm³/mol. The van der Waals surface area contributed by atoms with Crippen LogP contribution in [-0.2, 0) is 12.0 Å². The van der Waals surface area contributed by atoms with Crippen LogP contribution in [0.4, 0.5) is 8.78 Å². The first kappa shape index (κ1) is 12.3. The van der Waals surface area contributed by atoms with Gasteiger partial charge < -0.3 is 5.11 Å². The number of aryl methyl sites for hydroxylation is 2. The standard InChI is InChI=1S/C16H14F2O/c1-10-5-6-11-7-8-16(19,12(11)9-10)15-13(17)3-2-4-14(15)18/h2-6,9,19H,7-8H2,1H3. The summed E-state index contributed by atoms with van der Waals surface area (Å²) in [7, 11) is 0. The van der Waals surface area contributed by atoms with Crippen LogP contribution in [0.1, 0.15) is 28.7 Å². The van der Waals surface area contributed by atoms with Crippen molar-refractivity contribution in [3.05, 3.63) is 70.3 Å². The molecular formula is C16H14F2O. The molecule has 1 atom stereocenters. The molecule has 3 rings (SSSR count). The quantitative estimate of drug-likeness (QED) is 0.832. The second-order valence-corrected chi connectivity index (χ2v) is 5.12. The van der Waals surface area contributed by atoms with Crippen molar-refractivity contribution in [2.24, 2.45) is 0 Å². The Morgan fingerprint density at radius 3 is 2.47 bits per heavy atom. The molecule has 1 unspecified atom stereocenters. The van der Waals surface area contributed by atoms with Crippen LogP contribution in [0.5, 0.6) is 0 Å². The minimum atomic E-state index is -1.56. The largest absolute Gasteiger partial charge is 0.380 e. The Bertz CT molecular complexity index is 631. The topological polar surface area (TPSA) is 20.2 Å². The molecule has 0 radical (unpaired) electrons. The van der Waals surface area contributed by atoms with Crippen molar-refractivity contribution in [1.29, 1.82) is 0 Å². The average molecular weight is 260 g/mol. The van der Waals surface area contributed by atoms with E-state index >= 15 is 0 Å². The zero-order valence-electron chi connectivity index (χ0n) is 10.6. The molecule has 0 bridgehead atoms. The average Bonchev–Trinajstić information content (AvgIpc) is 2.67. The third-order valence-electron chi connectivity index (χ3n) is 3.84. The molecule has 98 valence electrons. The summed E-state index contributed by atoms with van der Waals surface area (Å²) in [5.74, 6) is -1.39. The summed E-state index contributed by atoms with van der Waals surface area (Å²) in [6.45, 7) is 1.90. The number of rotatable bonds is 1. The van der Waals surface area contributed by atoms with E-state index in [2.05, 4.69) is 0 Å². The minimum absolute atomic E-state index is 0.237. The first-order valence-electron chi connectivity index (χ1n) is 6.29. The molecule has 0 amide bonds. The fourth-order valence-corrected chi connectivity index (χ4v) is 2.90. The van der Waals surface area contributed by atoms with Gasteiger partial charge in [0.2, 0.25) is 0 Å².